The topological polar surface area (TPSA) is 53.5 Å². The van der Waals surface area contributed by atoms with E-state index in [-0.39, 0.29) is 24.3 Å². The number of carbonyl (C=O) groups excluding carboxylic acids is 2. The first-order valence-corrected chi connectivity index (χ1v) is 9.34. The molecule has 0 bridgehead atoms. The Morgan fingerprint density at radius 2 is 1.64 bits per heavy atom. The molecular formula is C23H21N3O2. The van der Waals surface area contributed by atoms with E-state index in [1.165, 1.54) is 0 Å². The van der Waals surface area contributed by atoms with Gasteiger partial charge in [-0.2, -0.15) is 0 Å². The van der Waals surface area contributed by atoms with E-state index in [2.05, 4.69) is 4.98 Å². The molecule has 0 N–H and O–H groups in total. The number of hydrogen-bond donors (Lipinski definition) is 0. The number of anilines is 2. The van der Waals surface area contributed by atoms with Gasteiger partial charge in [0.25, 0.3) is 5.91 Å². The lowest BCUT2D eigenvalue weighted by Crippen LogP contribution is -2.39. The first kappa shape index (κ1) is 17.9. The van der Waals surface area contributed by atoms with Crippen molar-refractivity contribution in [2.45, 2.75) is 12.3 Å². The third kappa shape index (κ3) is 3.78. The van der Waals surface area contributed by atoms with Crippen molar-refractivity contribution in [3.05, 3.63) is 90.6 Å². The number of pyridine rings is 1. The van der Waals surface area contributed by atoms with E-state index in [9.17, 15) is 9.59 Å². The number of carbonyl (C=O) groups is 2. The molecule has 1 aliphatic heterocycles. The number of likely N-dealkylation sites (tertiary alicyclic amines) is 1. The molecule has 2 amide bonds. The largest absolute Gasteiger partial charge is 0.333 e. The lowest BCUT2D eigenvalue weighted by atomic mass is 9.99. The minimum atomic E-state index is -0.174. The highest BCUT2D eigenvalue weighted by Crippen LogP contribution is 2.29. The molecule has 1 fully saturated rings. The van der Waals surface area contributed by atoms with Crippen molar-refractivity contribution >= 4 is 23.3 Å². The molecule has 1 unspecified atom stereocenters. The third-order valence-corrected chi connectivity index (χ3v) is 4.95. The number of nitrogens with zero attached hydrogens (tertiary/aromatic N) is 3. The van der Waals surface area contributed by atoms with Crippen LogP contribution >= 0.6 is 0 Å². The average molecular weight is 371 g/mol. The Bertz CT molecular complexity index is 906. The van der Waals surface area contributed by atoms with E-state index in [1.54, 1.807) is 22.1 Å². The Morgan fingerprint density at radius 1 is 0.964 bits per heavy atom. The molecule has 5 nitrogen and oxygen atoms in total. The first-order chi connectivity index (χ1) is 13.7. The Kier molecular flexibility index (Phi) is 5.15. The standard InChI is InChI=1S/C23H21N3O2/c27-22-15-19(18-9-3-1-4-10-18)16-25(22)17-23(28)26(20-11-5-2-6-12-20)21-13-7-8-14-24-21/h1-14,19H,15-17H2. The Balaban J connectivity index is 1.54. The van der Waals surface area contributed by atoms with E-state index in [1.807, 2.05) is 72.8 Å². The monoisotopic (exact) mass is 371 g/mol. The van der Waals surface area contributed by atoms with Crippen molar-refractivity contribution in [3.8, 4) is 0 Å². The maximum atomic E-state index is 13.2. The molecule has 1 atom stereocenters. The number of hydrogen-bond acceptors (Lipinski definition) is 3. The van der Waals surface area contributed by atoms with Crippen LogP contribution in [0.2, 0.25) is 0 Å². The fraction of sp³-hybridized carbons (Fsp3) is 0.174. The number of aromatic nitrogens is 1. The highest BCUT2D eigenvalue weighted by atomic mass is 16.2. The Hall–Kier alpha value is -3.47. The average Bonchev–Trinajstić information content (AvgIpc) is 3.11. The van der Waals surface area contributed by atoms with Crippen molar-refractivity contribution in [3.63, 3.8) is 0 Å². The van der Waals surface area contributed by atoms with Crippen LogP contribution in [-0.4, -0.2) is 34.8 Å². The van der Waals surface area contributed by atoms with Crippen LogP contribution in [0.3, 0.4) is 0 Å². The molecule has 140 valence electrons. The van der Waals surface area contributed by atoms with Gasteiger partial charge in [-0.25, -0.2) is 4.98 Å². The second-order valence-electron chi connectivity index (χ2n) is 6.84. The summed E-state index contributed by atoms with van der Waals surface area (Å²) in [6.07, 6.45) is 2.09. The second-order valence-corrected chi connectivity index (χ2v) is 6.84. The molecule has 0 spiro atoms. The molecule has 0 saturated carbocycles. The summed E-state index contributed by atoms with van der Waals surface area (Å²) in [5, 5.41) is 0. The molecule has 0 aliphatic carbocycles. The molecule has 28 heavy (non-hydrogen) atoms. The maximum Gasteiger partial charge on any atom is 0.252 e. The van der Waals surface area contributed by atoms with Gasteiger partial charge in [0.15, 0.2) is 0 Å². The molecule has 0 radical (unpaired) electrons. The summed E-state index contributed by atoms with van der Waals surface area (Å²) >= 11 is 0. The normalized spacial score (nSPS) is 16.2. The maximum absolute atomic E-state index is 13.2. The quantitative estimate of drug-likeness (QED) is 0.686. The number of para-hydroxylation sites is 1. The fourth-order valence-corrected chi connectivity index (χ4v) is 3.57. The number of benzene rings is 2. The summed E-state index contributed by atoms with van der Waals surface area (Å²) in [7, 11) is 0. The van der Waals surface area contributed by atoms with Gasteiger partial charge in [0.1, 0.15) is 12.4 Å². The molecule has 4 rings (SSSR count). The van der Waals surface area contributed by atoms with Crippen LogP contribution in [0.4, 0.5) is 11.5 Å². The van der Waals surface area contributed by atoms with Crippen molar-refractivity contribution in [2.75, 3.05) is 18.0 Å². The zero-order chi connectivity index (χ0) is 19.3. The summed E-state index contributed by atoms with van der Waals surface area (Å²) in [5.74, 6) is 0.509. The summed E-state index contributed by atoms with van der Waals surface area (Å²) < 4.78 is 0. The molecule has 1 saturated heterocycles. The van der Waals surface area contributed by atoms with E-state index in [4.69, 9.17) is 0 Å². The van der Waals surface area contributed by atoms with Crippen LogP contribution < -0.4 is 4.90 Å². The van der Waals surface area contributed by atoms with Crippen molar-refractivity contribution in [1.29, 1.82) is 0 Å². The van der Waals surface area contributed by atoms with Crippen LogP contribution in [0.25, 0.3) is 0 Å². The zero-order valence-corrected chi connectivity index (χ0v) is 15.4. The predicted molar refractivity (Wildman–Crippen MR) is 108 cm³/mol. The van der Waals surface area contributed by atoms with Gasteiger partial charge in [0.05, 0.1) is 5.69 Å². The fourth-order valence-electron chi connectivity index (χ4n) is 3.57. The molecular weight excluding hydrogens is 350 g/mol. The lowest BCUT2D eigenvalue weighted by molar-refractivity contribution is -0.131. The van der Waals surface area contributed by atoms with E-state index in [0.29, 0.717) is 18.8 Å². The highest BCUT2D eigenvalue weighted by Gasteiger charge is 2.33. The molecule has 1 aromatic heterocycles. The van der Waals surface area contributed by atoms with Crippen LogP contribution in [-0.2, 0) is 9.59 Å². The number of amides is 2. The second kappa shape index (κ2) is 8.05. The molecule has 2 aromatic carbocycles. The van der Waals surface area contributed by atoms with Crippen LogP contribution in [0.15, 0.2) is 85.1 Å². The van der Waals surface area contributed by atoms with Gasteiger partial charge in [-0.1, -0.05) is 54.6 Å². The van der Waals surface area contributed by atoms with E-state index in [0.717, 1.165) is 11.3 Å². The van der Waals surface area contributed by atoms with E-state index < -0.39 is 0 Å². The Labute approximate surface area is 164 Å². The molecule has 5 heteroatoms. The predicted octanol–water partition coefficient (Wildman–Crippen LogP) is 3.76. The van der Waals surface area contributed by atoms with Gasteiger partial charge in [0, 0.05) is 25.1 Å². The first-order valence-electron chi connectivity index (χ1n) is 9.34. The minimum Gasteiger partial charge on any atom is -0.333 e. The van der Waals surface area contributed by atoms with Crippen LogP contribution in [0, 0.1) is 0 Å². The summed E-state index contributed by atoms with van der Waals surface area (Å²) in [5.41, 5.74) is 1.87. The smallest absolute Gasteiger partial charge is 0.252 e. The summed E-state index contributed by atoms with van der Waals surface area (Å²) in [6.45, 7) is 0.590. The van der Waals surface area contributed by atoms with Gasteiger partial charge >= 0.3 is 0 Å². The molecule has 2 heterocycles. The number of rotatable bonds is 5. The lowest BCUT2D eigenvalue weighted by Gasteiger charge is -2.25. The summed E-state index contributed by atoms with van der Waals surface area (Å²) in [4.78, 5) is 33.3. The minimum absolute atomic E-state index is 0.0104. The molecule has 3 aromatic rings. The van der Waals surface area contributed by atoms with Crippen molar-refractivity contribution in [1.82, 2.24) is 9.88 Å². The van der Waals surface area contributed by atoms with Gasteiger partial charge < -0.3 is 4.90 Å². The third-order valence-electron chi connectivity index (χ3n) is 4.95. The zero-order valence-electron chi connectivity index (χ0n) is 15.4. The van der Waals surface area contributed by atoms with Crippen molar-refractivity contribution < 1.29 is 9.59 Å². The van der Waals surface area contributed by atoms with Gasteiger partial charge in [0.2, 0.25) is 5.91 Å². The van der Waals surface area contributed by atoms with Gasteiger partial charge in [-0.3, -0.25) is 14.5 Å². The van der Waals surface area contributed by atoms with Crippen LogP contribution in [0.5, 0.6) is 0 Å². The SMILES string of the molecule is O=C1CC(c2ccccc2)CN1CC(=O)N(c1ccccc1)c1ccccn1. The van der Waals surface area contributed by atoms with Crippen LogP contribution in [0.1, 0.15) is 17.9 Å². The Morgan fingerprint density at radius 3 is 2.32 bits per heavy atom. The van der Waals surface area contributed by atoms with E-state index >= 15 is 0 Å². The van der Waals surface area contributed by atoms with Crippen molar-refractivity contribution in [2.24, 2.45) is 0 Å². The molecule has 1 aliphatic rings. The van der Waals surface area contributed by atoms with Gasteiger partial charge in [-0.15, -0.1) is 0 Å². The summed E-state index contributed by atoms with van der Waals surface area (Å²) in [6, 6.07) is 24.8. The van der Waals surface area contributed by atoms with Gasteiger partial charge in [-0.05, 0) is 29.8 Å². The highest BCUT2D eigenvalue weighted by molar-refractivity contribution is 6.02.